The molecule has 14 heteroatoms. The molecule has 41 heavy (non-hydrogen) atoms. The molecule has 0 saturated heterocycles. The molecule has 4 aromatic rings. The Balaban J connectivity index is 1.55. The molecule has 0 aliphatic carbocycles. The van der Waals surface area contributed by atoms with Crippen LogP contribution in [-0.4, -0.2) is 44.0 Å². The third kappa shape index (κ3) is 7.55. The van der Waals surface area contributed by atoms with Gasteiger partial charge in [-0.05, 0) is 67.1 Å². The lowest BCUT2D eigenvalue weighted by Crippen LogP contribution is -2.35. The zero-order valence-electron chi connectivity index (χ0n) is 21.6. The van der Waals surface area contributed by atoms with Gasteiger partial charge in [0, 0.05) is 33.7 Å². The summed E-state index contributed by atoms with van der Waals surface area (Å²) < 4.78 is 68.4. The standard InChI is InChI=1S/C27H26Cl2N2O6S4/c28-19-6-8-21-18(15-19)5-9-24-27(21)31(12-2-4-14-41(35,36)37)26(39-24)17-25-30(11-1-3-13-40(32,33)34)22-16-20(29)7-10-23(22)38-25/h5-10,15-17H,1-4,11-14H2,(H-,32,33,34,35,36,37). The first-order valence-electron chi connectivity index (χ1n) is 12.8. The second-order valence-corrected chi connectivity index (χ2v) is 15.8. The normalized spacial score (nSPS) is 14.9. The van der Waals surface area contributed by atoms with Crippen molar-refractivity contribution >= 4 is 99.3 Å². The first kappa shape index (κ1) is 30.6. The number of halogens is 2. The zero-order valence-corrected chi connectivity index (χ0v) is 26.4. The van der Waals surface area contributed by atoms with E-state index in [1.807, 2.05) is 48.5 Å². The SMILES string of the molecule is O=S(=O)([O-])CCCCN1C(=Cc2sc3ccc4cc(Cl)ccc4c3[n+]2CCCCS(=O)(=O)O)Sc2ccc(Cl)cc21. The van der Waals surface area contributed by atoms with Gasteiger partial charge in [-0.2, -0.15) is 13.0 Å². The molecule has 1 N–H and O–H groups in total. The van der Waals surface area contributed by atoms with Gasteiger partial charge in [0.1, 0.15) is 4.70 Å². The average molecular weight is 674 g/mol. The van der Waals surface area contributed by atoms with Crippen LogP contribution in [0.2, 0.25) is 10.0 Å². The molecule has 0 unspecified atom stereocenters. The number of aromatic nitrogens is 1. The van der Waals surface area contributed by atoms with Crippen molar-refractivity contribution in [2.75, 3.05) is 23.0 Å². The Morgan fingerprint density at radius 3 is 2.41 bits per heavy atom. The fourth-order valence-electron chi connectivity index (χ4n) is 4.85. The Labute approximate surface area is 257 Å². The predicted molar refractivity (Wildman–Crippen MR) is 167 cm³/mol. The topological polar surface area (TPSA) is 119 Å². The molecule has 1 aromatic heterocycles. The van der Waals surface area contributed by atoms with Crippen molar-refractivity contribution in [3.8, 4) is 0 Å². The van der Waals surface area contributed by atoms with Gasteiger partial charge in [-0.25, -0.2) is 8.42 Å². The number of thiazole rings is 1. The fourth-order valence-corrected chi connectivity index (χ4v) is 8.65. The highest BCUT2D eigenvalue weighted by molar-refractivity contribution is 8.04. The number of hydrogen-bond donors (Lipinski definition) is 1. The van der Waals surface area contributed by atoms with E-state index in [0.717, 1.165) is 41.6 Å². The number of rotatable bonds is 11. The van der Waals surface area contributed by atoms with Crippen LogP contribution in [0.15, 0.2) is 58.5 Å². The van der Waals surface area contributed by atoms with Gasteiger partial charge in [0.2, 0.25) is 5.52 Å². The molecule has 218 valence electrons. The van der Waals surface area contributed by atoms with Crippen molar-refractivity contribution in [1.29, 1.82) is 0 Å². The zero-order chi connectivity index (χ0) is 29.4. The Hall–Kier alpha value is -1.90. The Morgan fingerprint density at radius 1 is 0.927 bits per heavy atom. The van der Waals surface area contributed by atoms with Crippen molar-refractivity contribution in [3.63, 3.8) is 0 Å². The van der Waals surface area contributed by atoms with E-state index in [1.165, 1.54) is 0 Å². The van der Waals surface area contributed by atoms with Crippen molar-refractivity contribution in [2.24, 2.45) is 0 Å². The number of hydrogen-bond acceptors (Lipinski definition) is 8. The minimum atomic E-state index is -4.28. The van der Waals surface area contributed by atoms with Crippen LogP contribution < -0.4 is 9.47 Å². The van der Waals surface area contributed by atoms with Crippen molar-refractivity contribution in [3.05, 3.63) is 68.6 Å². The summed E-state index contributed by atoms with van der Waals surface area (Å²) in [7, 11) is -8.33. The first-order chi connectivity index (χ1) is 19.4. The molecule has 0 bridgehead atoms. The second kappa shape index (κ2) is 12.4. The van der Waals surface area contributed by atoms with Gasteiger partial charge in [-0.1, -0.05) is 52.4 Å². The summed E-state index contributed by atoms with van der Waals surface area (Å²) in [5.41, 5.74) is 1.93. The molecule has 0 saturated carbocycles. The van der Waals surface area contributed by atoms with Crippen LogP contribution in [0, 0.1) is 0 Å². The summed E-state index contributed by atoms with van der Waals surface area (Å²) in [6.45, 7) is 1.03. The number of anilines is 1. The molecule has 0 amide bonds. The minimum Gasteiger partial charge on any atom is -0.748 e. The fraction of sp³-hybridized carbons (Fsp3) is 0.296. The van der Waals surface area contributed by atoms with Crippen LogP contribution in [0.3, 0.4) is 0 Å². The van der Waals surface area contributed by atoms with Crippen molar-refractivity contribution in [2.45, 2.75) is 37.1 Å². The second-order valence-electron chi connectivity index (χ2n) is 9.68. The Kier molecular flexibility index (Phi) is 9.22. The molecule has 1 aliphatic rings. The third-order valence-electron chi connectivity index (χ3n) is 6.67. The Bertz CT molecular complexity index is 1870. The molecule has 0 atom stereocenters. The summed E-state index contributed by atoms with van der Waals surface area (Å²) >= 11 is 15.8. The van der Waals surface area contributed by atoms with E-state index in [2.05, 4.69) is 15.5 Å². The number of unbranched alkanes of at least 4 members (excludes halogenated alkanes) is 2. The largest absolute Gasteiger partial charge is 0.748 e. The van der Waals surface area contributed by atoms with Gasteiger partial charge in [-0.3, -0.25) is 4.55 Å². The van der Waals surface area contributed by atoms with Crippen molar-refractivity contribution in [1.82, 2.24) is 0 Å². The predicted octanol–water partition coefficient (Wildman–Crippen LogP) is 6.55. The molecular weight excluding hydrogens is 647 g/mol. The lowest BCUT2D eigenvalue weighted by atomic mass is 10.1. The molecule has 8 nitrogen and oxygen atoms in total. The monoisotopic (exact) mass is 672 g/mol. The summed E-state index contributed by atoms with van der Waals surface area (Å²) in [5.74, 6) is -0.715. The van der Waals surface area contributed by atoms with Crippen LogP contribution >= 0.6 is 46.3 Å². The smallest absolute Gasteiger partial charge is 0.265 e. The van der Waals surface area contributed by atoms with Crippen LogP contribution in [0.4, 0.5) is 5.69 Å². The minimum absolute atomic E-state index is 0.251. The van der Waals surface area contributed by atoms with E-state index in [1.54, 1.807) is 23.1 Å². The van der Waals surface area contributed by atoms with Gasteiger partial charge in [0.15, 0.2) is 6.54 Å². The third-order valence-corrected chi connectivity index (χ3v) is 10.9. The van der Waals surface area contributed by atoms with Crippen LogP contribution in [-0.2, 0) is 26.8 Å². The molecule has 2 heterocycles. The van der Waals surface area contributed by atoms with Gasteiger partial charge in [0.25, 0.3) is 15.1 Å². The molecule has 0 radical (unpaired) electrons. The molecule has 5 rings (SSSR count). The number of nitrogens with zero attached hydrogens (tertiary/aromatic N) is 2. The summed E-state index contributed by atoms with van der Waals surface area (Å²) in [6, 6.07) is 15.5. The molecule has 3 aromatic carbocycles. The van der Waals surface area contributed by atoms with Crippen LogP contribution in [0.1, 0.15) is 30.7 Å². The summed E-state index contributed by atoms with van der Waals surface area (Å²) in [6.07, 6.45) is 3.67. The van der Waals surface area contributed by atoms with Crippen molar-refractivity contribution < 1.29 is 30.5 Å². The van der Waals surface area contributed by atoms with Crippen LogP contribution in [0.5, 0.6) is 0 Å². The number of thioether (sulfide) groups is 1. The number of fused-ring (bicyclic) bond motifs is 4. The van der Waals surface area contributed by atoms with E-state index in [0.29, 0.717) is 42.4 Å². The van der Waals surface area contributed by atoms with E-state index in [9.17, 15) is 25.9 Å². The maximum atomic E-state index is 11.3. The summed E-state index contributed by atoms with van der Waals surface area (Å²) in [4.78, 5) is 3.10. The number of aryl methyl sites for hydroxylation is 1. The molecule has 0 spiro atoms. The maximum Gasteiger partial charge on any atom is 0.265 e. The molecule has 1 aliphatic heterocycles. The lowest BCUT2D eigenvalue weighted by molar-refractivity contribution is -0.668. The van der Waals surface area contributed by atoms with Crippen LogP contribution in [0.25, 0.3) is 27.1 Å². The van der Waals surface area contributed by atoms with E-state index in [-0.39, 0.29) is 12.2 Å². The quantitative estimate of drug-likeness (QED) is 0.108. The number of benzene rings is 3. The Morgan fingerprint density at radius 2 is 1.66 bits per heavy atom. The molecular formula is C27H26Cl2N2O6S4. The van der Waals surface area contributed by atoms with Gasteiger partial charge < -0.3 is 9.45 Å². The maximum absolute atomic E-state index is 11.3. The highest BCUT2D eigenvalue weighted by Crippen LogP contribution is 2.48. The summed E-state index contributed by atoms with van der Waals surface area (Å²) in [5, 5.41) is 5.10. The van der Waals surface area contributed by atoms with E-state index < -0.39 is 26.0 Å². The van der Waals surface area contributed by atoms with Gasteiger partial charge in [-0.15, -0.1) is 0 Å². The first-order valence-corrected chi connectivity index (χ1v) is 18.4. The highest BCUT2D eigenvalue weighted by Gasteiger charge is 2.29. The van der Waals surface area contributed by atoms with E-state index in [4.69, 9.17) is 23.2 Å². The van der Waals surface area contributed by atoms with Gasteiger partial charge >= 0.3 is 0 Å². The average Bonchev–Trinajstić information content (AvgIpc) is 3.40. The van der Waals surface area contributed by atoms with E-state index >= 15 is 0 Å². The highest BCUT2D eigenvalue weighted by atomic mass is 35.5. The lowest BCUT2D eigenvalue weighted by Gasteiger charge is -2.20. The van der Waals surface area contributed by atoms with Gasteiger partial charge in [0.05, 0.1) is 38.0 Å². The molecule has 0 fully saturated rings.